The molecule has 1 amide bonds. The molecule has 4 rings (SSSR count). The molecule has 0 saturated carbocycles. The number of rotatable bonds is 12. The van der Waals surface area contributed by atoms with Crippen LogP contribution in [0.25, 0.3) is 0 Å². The summed E-state index contributed by atoms with van der Waals surface area (Å²) in [5, 5.41) is 6.80. The van der Waals surface area contributed by atoms with Crippen LogP contribution in [-0.4, -0.2) is 54.6 Å². The number of pyridine rings is 1. The van der Waals surface area contributed by atoms with Crippen molar-refractivity contribution in [1.29, 1.82) is 0 Å². The zero-order valence-corrected chi connectivity index (χ0v) is 22.2. The van der Waals surface area contributed by atoms with Crippen molar-refractivity contribution < 1.29 is 9.53 Å². The van der Waals surface area contributed by atoms with Crippen LogP contribution in [0.5, 0.6) is 5.75 Å². The molecule has 0 bridgehead atoms. The summed E-state index contributed by atoms with van der Waals surface area (Å²) >= 11 is 0. The number of carbonyl (C=O) groups excluding carboxylic acids is 1. The van der Waals surface area contributed by atoms with Crippen molar-refractivity contribution in [2.45, 2.75) is 52.0 Å². The number of hydrogen-bond acceptors (Lipinski definition) is 6. The van der Waals surface area contributed by atoms with Crippen molar-refractivity contribution in [2.75, 3.05) is 31.6 Å². The number of nitrogens with zero attached hydrogens (tertiary/aromatic N) is 3. The molecule has 0 unspecified atom stereocenters. The molecule has 1 aliphatic rings. The summed E-state index contributed by atoms with van der Waals surface area (Å²) in [7, 11) is 1.69. The van der Waals surface area contributed by atoms with E-state index in [2.05, 4.69) is 75.7 Å². The maximum Gasteiger partial charge on any atom is 0.237 e. The smallest absolute Gasteiger partial charge is 0.237 e. The number of amides is 1. The van der Waals surface area contributed by atoms with Gasteiger partial charge in [0, 0.05) is 63.4 Å². The highest BCUT2D eigenvalue weighted by atomic mass is 16.5. The Morgan fingerprint density at radius 2 is 1.81 bits per heavy atom. The summed E-state index contributed by atoms with van der Waals surface area (Å²) in [5.41, 5.74) is 4.62. The van der Waals surface area contributed by atoms with E-state index in [-0.39, 0.29) is 18.0 Å². The topological polar surface area (TPSA) is 69.7 Å². The van der Waals surface area contributed by atoms with Gasteiger partial charge in [-0.2, -0.15) is 0 Å². The Bertz CT molecular complexity index is 1120. The second kappa shape index (κ2) is 13.2. The van der Waals surface area contributed by atoms with Crippen molar-refractivity contribution in [1.82, 2.24) is 20.5 Å². The highest BCUT2D eigenvalue weighted by Crippen LogP contribution is 2.23. The molecule has 1 saturated heterocycles. The molecule has 1 aromatic heterocycles. The molecule has 37 heavy (non-hydrogen) atoms. The number of hydrogen-bond donors (Lipinski definition) is 2. The zero-order chi connectivity index (χ0) is 26.0. The third-order valence-electron chi connectivity index (χ3n) is 7.08. The van der Waals surface area contributed by atoms with Crippen LogP contribution in [0.1, 0.15) is 37.0 Å². The van der Waals surface area contributed by atoms with Gasteiger partial charge in [0.05, 0.1) is 13.2 Å². The predicted octanol–water partition coefficient (Wildman–Crippen LogP) is 3.99. The van der Waals surface area contributed by atoms with Gasteiger partial charge in [-0.05, 0) is 67.3 Å². The Balaban J connectivity index is 1.43. The number of nitrogens with one attached hydrogen (secondary N) is 2. The maximum atomic E-state index is 13.3. The van der Waals surface area contributed by atoms with Gasteiger partial charge in [-0.1, -0.05) is 30.3 Å². The fourth-order valence-electron chi connectivity index (χ4n) is 4.99. The Kier molecular flexibility index (Phi) is 9.52. The lowest BCUT2D eigenvalue weighted by Gasteiger charge is -2.25. The molecule has 2 aromatic carbocycles. The lowest BCUT2D eigenvalue weighted by atomic mass is 10.1. The standard InChI is InChI=1S/C30H39N5O2/c1-4-34(5-2)27-13-11-23(12-14-27)21-35-22-26(32-19-24-8-6-10-28(16-24)37-3)17-29(35)30(36)33-20-25-9-7-15-31-18-25/h6-16,18,26,29,32H,4-5,17,19-22H2,1-3H3,(H,33,36)/t26-,29-/m0/s1. The molecule has 2 atom stereocenters. The highest BCUT2D eigenvalue weighted by Gasteiger charge is 2.36. The fraction of sp³-hybridized carbons (Fsp3) is 0.400. The van der Waals surface area contributed by atoms with Gasteiger partial charge in [0.25, 0.3) is 0 Å². The molecular formula is C30H39N5O2. The maximum absolute atomic E-state index is 13.3. The van der Waals surface area contributed by atoms with E-state index in [4.69, 9.17) is 4.74 Å². The number of anilines is 1. The van der Waals surface area contributed by atoms with Gasteiger partial charge in [0.1, 0.15) is 5.75 Å². The number of aromatic nitrogens is 1. The molecule has 2 N–H and O–H groups in total. The summed E-state index contributed by atoms with van der Waals surface area (Å²) < 4.78 is 5.36. The first-order chi connectivity index (χ1) is 18.1. The molecular weight excluding hydrogens is 462 g/mol. The van der Waals surface area contributed by atoms with Gasteiger partial charge in [-0.3, -0.25) is 14.7 Å². The zero-order valence-electron chi connectivity index (χ0n) is 22.2. The number of carbonyl (C=O) groups is 1. The van der Waals surface area contributed by atoms with Crippen LogP contribution in [0.15, 0.2) is 73.1 Å². The van der Waals surface area contributed by atoms with Gasteiger partial charge < -0.3 is 20.3 Å². The van der Waals surface area contributed by atoms with Crippen LogP contribution in [0, 0.1) is 0 Å². The average Bonchev–Trinajstić information content (AvgIpc) is 3.35. The predicted molar refractivity (Wildman–Crippen MR) is 149 cm³/mol. The van der Waals surface area contributed by atoms with Crippen molar-refractivity contribution >= 4 is 11.6 Å². The van der Waals surface area contributed by atoms with Gasteiger partial charge in [-0.25, -0.2) is 0 Å². The van der Waals surface area contributed by atoms with Crippen molar-refractivity contribution in [3.63, 3.8) is 0 Å². The summed E-state index contributed by atoms with van der Waals surface area (Å²) in [5.74, 6) is 0.919. The van der Waals surface area contributed by atoms with Crippen LogP contribution in [0.2, 0.25) is 0 Å². The van der Waals surface area contributed by atoms with E-state index in [9.17, 15) is 4.79 Å². The first-order valence-corrected chi connectivity index (χ1v) is 13.2. The SMILES string of the molecule is CCN(CC)c1ccc(CN2C[C@@H](NCc3cccc(OC)c3)C[C@H]2C(=O)NCc2cccnc2)cc1. The van der Waals surface area contributed by atoms with Crippen LogP contribution in [-0.2, 0) is 24.4 Å². The minimum Gasteiger partial charge on any atom is -0.497 e. The molecule has 3 aromatic rings. The Morgan fingerprint density at radius 3 is 2.51 bits per heavy atom. The molecule has 1 aliphatic heterocycles. The second-order valence-electron chi connectivity index (χ2n) is 9.53. The first kappa shape index (κ1) is 26.6. The van der Waals surface area contributed by atoms with E-state index in [0.717, 1.165) is 50.5 Å². The Labute approximate surface area is 220 Å². The number of benzene rings is 2. The number of methoxy groups -OCH3 is 1. The fourth-order valence-corrected chi connectivity index (χ4v) is 4.99. The van der Waals surface area contributed by atoms with Crippen molar-refractivity contribution in [2.24, 2.45) is 0 Å². The summed E-state index contributed by atoms with van der Waals surface area (Å²) in [4.78, 5) is 22.1. The molecule has 0 radical (unpaired) electrons. The Hall–Kier alpha value is -3.42. The molecule has 196 valence electrons. The molecule has 0 spiro atoms. The monoisotopic (exact) mass is 501 g/mol. The minimum atomic E-state index is -0.193. The third-order valence-corrected chi connectivity index (χ3v) is 7.08. The summed E-state index contributed by atoms with van der Waals surface area (Å²) in [6.45, 7) is 9.09. The van der Waals surface area contributed by atoms with Gasteiger partial charge >= 0.3 is 0 Å². The Morgan fingerprint density at radius 1 is 1.03 bits per heavy atom. The quantitative estimate of drug-likeness (QED) is 0.391. The number of likely N-dealkylation sites (tertiary alicyclic amines) is 1. The van der Waals surface area contributed by atoms with Crippen molar-refractivity contribution in [3.05, 3.63) is 89.7 Å². The molecule has 1 fully saturated rings. The van der Waals surface area contributed by atoms with Gasteiger partial charge in [0.2, 0.25) is 5.91 Å². The van der Waals surface area contributed by atoms with Gasteiger partial charge in [0.15, 0.2) is 0 Å². The normalized spacial score (nSPS) is 17.5. The molecule has 0 aliphatic carbocycles. The number of ether oxygens (including phenoxy) is 1. The lowest BCUT2D eigenvalue weighted by Crippen LogP contribution is -2.42. The van der Waals surface area contributed by atoms with Crippen LogP contribution in [0.4, 0.5) is 5.69 Å². The summed E-state index contributed by atoms with van der Waals surface area (Å²) in [6.07, 6.45) is 4.30. The van der Waals surface area contributed by atoms with Crippen LogP contribution < -0.4 is 20.3 Å². The van der Waals surface area contributed by atoms with Crippen LogP contribution >= 0.6 is 0 Å². The van der Waals surface area contributed by atoms with E-state index in [0.29, 0.717) is 6.54 Å². The van der Waals surface area contributed by atoms with E-state index in [1.165, 1.54) is 16.8 Å². The van der Waals surface area contributed by atoms with E-state index >= 15 is 0 Å². The van der Waals surface area contributed by atoms with Crippen molar-refractivity contribution in [3.8, 4) is 5.75 Å². The highest BCUT2D eigenvalue weighted by molar-refractivity contribution is 5.82. The average molecular weight is 502 g/mol. The second-order valence-corrected chi connectivity index (χ2v) is 9.53. The lowest BCUT2D eigenvalue weighted by molar-refractivity contribution is -0.125. The third kappa shape index (κ3) is 7.31. The first-order valence-electron chi connectivity index (χ1n) is 13.2. The van der Waals surface area contributed by atoms with Gasteiger partial charge in [-0.15, -0.1) is 0 Å². The van der Waals surface area contributed by atoms with E-state index in [1.807, 2.05) is 24.3 Å². The molecule has 7 heteroatoms. The molecule has 2 heterocycles. The largest absolute Gasteiger partial charge is 0.497 e. The summed E-state index contributed by atoms with van der Waals surface area (Å²) in [6, 6.07) is 20.8. The van der Waals surface area contributed by atoms with Crippen LogP contribution in [0.3, 0.4) is 0 Å². The molecule has 7 nitrogen and oxygen atoms in total. The minimum absolute atomic E-state index is 0.0642. The van der Waals surface area contributed by atoms with E-state index in [1.54, 1.807) is 19.5 Å². The van der Waals surface area contributed by atoms with E-state index < -0.39 is 0 Å².